The predicted octanol–water partition coefficient (Wildman–Crippen LogP) is 7.34. The molecule has 2 N–H and O–H groups in total. The van der Waals surface area contributed by atoms with Gasteiger partial charge in [0, 0.05) is 56.1 Å². The quantitative estimate of drug-likeness (QED) is 0.0937. The summed E-state index contributed by atoms with van der Waals surface area (Å²) < 4.78 is 151. The van der Waals surface area contributed by atoms with E-state index in [4.69, 9.17) is 33.7 Å². The maximum Gasteiger partial charge on any atom is 0.410 e. The van der Waals surface area contributed by atoms with E-state index in [0.29, 0.717) is 12.8 Å². The third-order valence-electron chi connectivity index (χ3n) is 14.1. The summed E-state index contributed by atoms with van der Waals surface area (Å²) in [5.41, 5.74) is -1.82. The molecule has 1 saturated carbocycles. The summed E-state index contributed by atoms with van der Waals surface area (Å²) in [6.07, 6.45) is -1.66. The average Bonchev–Trinajstić information content (AvgIpc) is 3.83. The number of ether oxygens (including phenoxy) is 5. The number of carbonyl (C=O) groups excluding carboxylic acids is 1. The van der Waals surface area contributed by atoms with Gasteiger partial charge in [0.15, 0.2) is 32.5 Å². The molecule has 7 unspecified atom stereocenters. The molecule has 24 heteroatoms. The van der Waals surface area contributed by atoms with E-state index in [0.717, 1.165) is 56.5 Å². The smallest absolute Gasteiger partial charge is 0.410 e. The molecule has 1 amide bonds. The number of morpholine rings is 1. The largest absolute Gasteiger partial charge is 0.474 e. The first-order chi connectivity index (χ1) is 32.6. The molecule has 10 rings (SSSR count). The van der Waals surface area contributed by atoms with Crippen LogP contribution < -0.4 is 19.5 Å². The van der Waals surface area contributed by atoms with Gasteiger partial charge in [-0.05, 0) is 82.3 Å². The monoisotopic (exact) mass is 1010 g/mol. The summed E-state index contributed by atoms with van der Waals surface area (Å²) in [5, 5.41) is 2.89. The maximum atomic E-state index is 15.7. The first-order valence-corrected chi connectivity index (χ1v) is 25.5. The number of hydrogen-bond acceptors (Lipinski definition) is 15. The van der Waals surface area contributed by atoms with E-state index < -0.39 is 68.5 Å². The Kier molecular flexibility index (Phi) is 12.0. The Bertz CT molecular complexity index is 2830. The topological polar surface area (TPSA) is 205 Å². The fraction of sp³-hybridized carbons (Fsp3) is 0.533. The van der Waals surface area contributed by atoms with E-state index in [1.807, 2.05) is 11.8 Å². The maximum absolute atomic E-state index is 15.7. The zero-order valence-corrected chi connectivity index (χ0v) is 39.1. The highest BCUT2D eigenvalue weighted by Crippen LogP contribution is 2.56. The number of rotatable bonds is 14. The molecule has 6 aliphatic rings. The van der Waals surface area contributed by atoms with Gasteiger partial charge in [-0.25, -0.2) is 41.2 Å². The number of anilines is 2. The van der Waals surface area contributed by atoms with E-state index in [1.165, 1.54) is 25.1 Å². The number of nitrogens with one attached hydrogen (secondary N) is 1. The van der Waals surface area contributed by atoms with Crippen LogP contribution in [0.5, 0.6) is 23.4 Å². The normalized spacial score (nSPS) is 27.2. The molecule has 1 aliphatic carbocycles. The van der Waals surface area contributed by atoms with E-state index >= 15 is 8.78 Å². The zero-order chi connectivity index (χ0) is 48.8. The Morgan fingerprint density at radius 2 is 1.68 bits per heavy atom. The number of carbonyl (C=O) groups is 1. The first kappa shape index (κ1) is 47.4. The van der Waals surface area contributed by atoms with Crippen LogP contribution in [0.3, 0.4) is 0 Å². The molecular weight excluding hydrogens is 958 g/mol. The van der Waals surface area contributed by atoms with Crippen molar-refractivity contribution in [2.24, 2.45) is 0 Å². The van der Waals surface area contributed by atoms with E-state index in [-0.39, 0.29) is 124 Å². The Morgan fingerprint density at radius 1 is 0.957 bits per heavy atom. The minimum Gasteiger partial charge on any atom is -0.474 e. The van der Waals surface area contributed by atoms with Gasteiger partial charge >= 0.3 is 12.3 Å². The minimum absolute atomic E-state index is 0.0275. The van der Waals surface area contributed by atoms with Crippen molar-refractivity contribution in [1.82, 2.24) is 29.7 Å². The summed E-state index contributed by atoms with van der Waals surface area (Å²) in [4.78, 5) is 34.6. The van der Waals surface area contributed by atoms with Gasteiger partial charge in [0.2, 0.25) is 17.6 Å². The number of halogens is 5. The number of nitrogens with zero attached hydrogens (tertiary/aromatic N) is 6. The van der Waals surface area contributed by atoms with Crippen LogP contribution in [0.15, 0.2) is 52.5 Å². The molecule has 0 radical (unpaired) electrons. The van der Waals surface area contributed by atoms with E-state index in [9.17, 15) is 35.1 Å². The van der Waals surface area contributed by atoms with E-state index in [1.54, 1.807) is 4.90 Å². The lowest BCUT2D eigenvalue weighted by atomic mass is 9.74. The average molecular weight is 1010 g/mol. The molecule has 4 aromatic rings. The zero-order valence-electron chi connectivity index (χ0n) is 37.5. The second-order valence-electron chi connectivity index (χ2n) is 19.1. The number of sulfone groups is 1. The van der Waals surface area contributed by atoms with Crippen molar-refractivity contribution in [3.8, 4) is 23.4 Å². The number of hydrogen-bond donors (Lipinski definition) is 2. The molecule has 5 saturated heterocycles. The molecule has 6 fully saturated rings. The van der Waals surface area contributed by atoms with Crippen molar-refractivity contribution in [3.63, 3.8) is 0 Å². The molecule has 2 aromatic heterocycles. The van der Waals surface area contributed by atoms with Crippen LogP contribution in [0.2, 0.25) is 0 Å². The van der Waals surface area contributed by atoms with Gasteiger partial charge in [0.1, 0.15) is 41.6 Å². The van der Waals surface area contributed by atoms with Gasteiger partial charge < -0.3 is 38.5 Å². The lowest BCUT2D eigenvalue weighted by Crippen LogP contribution is -2.73. The standard InChI is InChI=1S/C45H48F5N7O10S2/c1-23-38(53-34-8-7-30(16-32(34)46)69(3,61)62)54-37(55-39(23)66-36-14-26-19-63-20-27-18-44(36,57(26)27)21-45(48,49)50)17-31-40(51-22-52-41(31)65-35-9-6-29(68(59)60)15-33(35)47)64-28-12-24-4-5-25(13-28)56(24)42(58)67-43(2)10-11-43/h6-9,15-16,22,24-28,36H,4-5,10-14,17-21H2,1-3H3,(H,59,60)(H,53,54,55). The lowest BCUT2D eigenvalue weighted by Gasteiger charge is -2.59. The Balaban J connectivity index is 1.03. The van der Waals surface area contributed by atoms with Gasteiger partial charge in [0.05, 0.1) is 51.8 Å². The molecule has 7 atom stereocenters. The van der Waals surface area contributed by atoms with Crippen LogP contribution in [0.1, 0.15) is 81.7 Å². The summed E-state index contributed by atoms with van der Waals surface area (Å²) in [6.45, 7) is 3.93. The van der Waals surface area contributed by atoms with Gasteiger partial charge in [-0.15, -0.1) is 0 Å². The predicted molar refractivity (Wildman–Crippen MR) is 234 cm³/mol. The molecule has 17 nitrogen and oxygen atoms in total. The fourth-order valence-corrected chi connectivity index (χ4v) is 11.7. The Hall–Kier alpha value is -5.30. The molecule has 370 valence electrons. The second-order valence-corrected chi connectivity index (χ2v) is 22.0. The van der Waals surface area contributed by atoms with Crippen LogP contribution in [-0.4, -0.2) is 126 Å². The molecule has 69 heavy (non-hydrogen) atoms. The van der Waals surface area contributed by atoms with Crippen molar-refractivity contribution in [3.05, 3.63) is 71.3 Å². The van der Waals surface area contributed by atoms with Gasteiger partial charge in [0.25, 0.3) is 0 Å². The minimum atomic E-state index is -4.54. The molecule has 5 aliphatic heterocycles. The third-order valence-corrected chi connectivity index (χ3v) is 15.9. The summed E-state index contributed by atoms with van der Waals surface area (Å²) >= 11 is -2.50. The van der Waals surface area contributed by atoms with Gasteiger partial charge in [-0.3, -0.25) is 4.90 Å². The number of alkyl halides is 3. The van der Waals surface area contributed by atoms with Crippen LogP contribution in [0.25, 0.3) is 0 Å². The Morgan fingerprint density at radius 3 is 2.35 bits per heavy atom. The summed E-state index contributed by atoms with van der Waals surface area (Å²) in [7, 11) is -3.79. The molecular formula is C45H48F5N7O10S2. The second kappa shape index (κ2) is 17.5. The highest BCUT2D eigenvalue weighted by atomic mass is 32.2. The van der Waals surface area contributed by atoms with Crippen LogP contribution in [0.4, 0.5) is 38.3 Å². The molecule has 7 heterocycles. The van der Waals surface area contributed by atoms with Crippen LogP contribution >= 0.6 is 0 Å². The molecule has 2 bridgehead atoms. The van der Waals surface area contributed by atoms with Crippen LogP contribution in [0, 0.1) is 18.6 Å². The summed E-state index contributed by atoms with van der Waals surface area (Å²) in [6, 6.07) is 5.44. The SMILES string of the molecule is Cc1c(Nc2ccc(S(C)(=O)=O)cc2F)nc(Cc2c(Oc3ccc(S(=O)O)cc3F)ncnc2OC2CC3CCC(C2)N3C(=O)OC2(C)CC2)nc1OC1CC2COCC3CC1(CC(F)(F)F)N23. The van der Waals surface area contributed by atoms with Crippen molar-refractivity contribution >= 4 is 38.5 Å². The van der Waals surface area contributed by atoms with Crippen molar-refractivity contribution < 1.29 is 67.6 Å². The fourth-order valence-electron chi connectivity index (χ4n) is 10.6. The highest BCUT2D eigenvalue weighted by molar-refractivity contribution is 7.90. The number of amides is 1. The molecule has 0 spiro atoms. The molecule has 2 aromatic carbocycles. The van der Waals surface area contributed by atoms with E-state index in [2.05, 4.69) is 15.3 Å². The Labute approximate surface area is 395 Å². The lowest BCUT2D eigenvalue weighted by molar-refractivity contribution is -0.225. The first-order valence-electron chi connectivity index (χ1n) is 22.5. The van der Waals surface area contributed by atoms with Gasteiger partial charge in [-0.1, -0.05) is 0 Å². The number of fused-ring (bicyclic) bond motifs is 2. The van der Waals surface area contributed by atoms with Crippen LogP contribution in [-0.2, 0) is 36.8 Å². The number of benzene rings is 2. The third kappa shape index (κ3) is 9.41. The summed E-state index contributed by atoms with van der Waals surface area (Å²) in [5.74, 6) is -2.86. The highest BCUT2D eigenvalue weighted by Gasteiger charge is 2.68. The van der Waals surface area contributed by atoms with Crippen molar-refractivity contribution in [1.29, 1.82) is 0 Å². The number of aromatic nitrogens is 4. The van der Waals surface area contributed by atoms with Crippen molar-refractivity contribution in [2.75, 3.05) is 24.8 Å². The number of piperidine rings is 1. The van der Waals surface area contributed by atoms with Gasteiger partial charge in [-0.2, -0.15) is 18.2 Å². The van der Waals surface area contributed by atoms with Crippen molar-refractivity contribution in [2.45, 2.75) is 142 Å².